The normalized spacial score (nSPS) is 17.8. The molecule has 0 spiro atoms. The van der Waals surface area contributed by atoms with Crippen molar-refractivity contribution in [2.24, 2.45) is 5.92 Å². The van der Waals surface area contributed by atoms with E-state index in [9.17, 15) is 19.2 Å². The number of likely N-dealkylation sites (N-methyl/N-ethyl adjacent to an activating group) is 1. The van der Waals surface area contributed by atoms with Crippen LogP contribution in [0.3, 0.4) is 0 Å². The number of nitrogens with one attached hydrogen (secondary N) is 3. The SMILES string of the molecule is C[C@@H](c1ccc(NC(=O)[C@@H](NC(=O)OCc2ccccc2)C2CCCCC2)c(F)c1)[C@@H](NC(=O)OC(C)(C)C)C(=O)N1CCN(C)CC1. The molecule has 0 bridgehead atoms. The first-order valence-electron chi connectivity index (χ1n) is 16.8. The molecule has 2 fully saturated rings. The van der Waals surface area contributed by atoms with Crippen molar-refractivity contribution in [1.82, 2.24) is 20.4 Å². The van der Waals surface area contributed by atoms with E-state index in [1.165, 1.54) is 12.1 Å². The summed E-state index contributed by atoms with van der Waals surface area (Å²) in [6, 6.07) is 11.6. The molecule has 1 aliphatic carbocycles. The van der Waals surface area contributed by atoms with Crippen LogP contribution in [0.25, 0.3) is 0 Å². The molecule has 2 aromatic carbocycles. The first-order chi connectivity index (χ1) is 22.8. The molecule has 48 heavy (non-hydrogen) atoms. The summed E-state index contributed by atoms with van der Waals surface area (Å²) in [6.45, 7) is 9.41. The molecule has 4 amide bonds. The Morgan fingerprint density at radius 2 is 1.58 bits per heavy atom. The van der Waals surface area contributed by atoms with Gasteiger partial charge in [-0.3, -0.25) is 9.59 Å². The number of ether oxygens (including phenoxy) is 2. The van der Waals surface area contributed by atoms with Crippen molar-refractivity contribution < 1.29 is 33.0 Å². The molecule has 12 heteroatoms. The second-order valence-corrected chi connectivity index (χ2v) is 13.9. The van der Waals surface area contributed by atoms with Crippen LogP contribution in [0.2, 0.25) is 0 Å². The zero-order valence-corrected chi connectivity index (χ0v) is 28.7. The molecule has 262 valence electrons. The third kappa shape index (κ3) is 10.7. The van der Waals surface area contributed by atoms with Gasteiger partial charge < -0.3 is 35.2 Å². The molecule has 3 atom stereocenters. The van der Waals surface area contributed by atoms with Crippen LogP contribution in [0, 0.1) is 11.7 Å². The monoisotopic (exact) mass is 667 g/mol. The standard InChI is InChI=1S/C36H50FN5O6/c1-24(30(39-35(46)48-36(2,3)4)33(44)42-20-18-41(5)19-21-42)27-16-17-29(28(37)22-27)38-32(43)31(26-14-10-7-11-15-26)40-34(45)47-23-25-12-8-6-9-13-25/h6,8-9,12-13,16-17,22,24,26,30-31H,7,10-11,14-15,18-21,23H2,1-5H3,(H,38,43)(H,39,46)(H,40,45)/t24-,30+,31-/m0/s1. The minimum atomic E-state index is -1.01. The van der Waals surface area contributed by atoms with Gasteiger partial charge in [0.1, 0.15) is 30.1 Å². The van der Waals surface area contributed by atoms with Crippen LogP contribution in [0.4, 0.5) is 19.7 Å². The van der Waals surface area contributed by atoms with Gasteiger partial charge in [0.25, 0.3) is 0 Å². The summed E-state index contributed by atoms with van der Waals surface area (Å²) in [6.07, 6.45) is 2.96. The van der Waals surface area contributed by atoms with Gasteiger partial charge in [-0.25, -0.2) is 14.0 Å². The predicted molar refractivity (Wildman–Crippen MR) is 181 cm³/mol. The van der Waals surface area contributed by atoms with Crippen LogP contribution in [-0.2, 0) is 25.7 Å². The Balaban J connectivity index is 1.48. The molecular weight excluding hydrogens is 617 g/mol. The van der Waals surface area contributed by atoms with Crippen LogP contribution in [-0.4, -0.2) is 84.7 Å². The second-order valence-electron chi connectivity index (χ2n) is 13.9. The molecule has 3 N–H and O–H groups in total. The lowest BCUT2D eigenvalue weighted by Crippen LogP contribution is -2.56. The number of carbonyl (C=O) groups excluding carboxylic acids is 4. The number of alkyl carbamates (subject to hydrolysis) is 2. The molecule has 0 aromatic heterocycles. The predicted octanol–water partition coefficient (Wildman–Crippen LogP) is 5.41. The van der Waals surface area contributed by atoms with Gasteiger partial charge in [0.05, 0.1) is 5.69 Å². The zero-order chi connectivity index (χ0) is 34.8. The lowest BCUT2D eigenvalue weighted by molar-refractivity contribution is -0.135. The first-order valence-corrected chi connectivity index (χ1v) is 16.8. The van der Waals surface area contributed by atoms with E-state index in [4.69, 9.17) is 9.47 Å². The number of hydrogen-bond donors (Lipinski definition) is 3. The smallest absolute Gasteiger partial charge is 0.408 e. The molecule has 0 unspecified atom stereocenters. The highest BCUT2D eigenvalue weighted by atomic mass is 19.1. The number of benzene rings is 2. The Hall–Kier alpha value is -4.19. The van der Waals surface area contributed by atoms with E-state index in [2.05, 4.69) is 20.9 Å². The fourth-order valence-corrected chi connectivity index (χ4v) is 6.13. The van der Waals surface area contributed by atoms with Crippen LogP contribution in [0.15, 0.2) is 48.5 Å². The van der Waals surface area contributed by atoms with Crippen molar-refractivity contribution in [2.75, 3.05) is 38.5 Å². The minimum absolute atomic E-state index is 0.0566. The lowest BCUT2D eigenvalue weighted by atomic mass is 9.83. The first kappa shape index (κ1) is 36.6. The fraction of sp³-hybridized carbons (Fsp3) is 0.556. The number of anilines is 1. The molecule has 1 saturated carbocycles. The highest BCUT2D eigenvalue weighted by Crippen LogP contribution is 2.29. The van der Waals surface area contributed by atoms with Crippen LogP contribution in [0.5, 0.6) is 0 Å². The third-order valence-electron chi connectivity index (χ3n) is 8.92. The fourth-order valence-electron chi connectivity index (χ4n) is 6.13. The highest BCUT2D eigenvalue weighted by molar-refractivity contribution is 5.97. The molecule has 4 rings (SSSR count). The highest BCUT2D eigenvalue weighted by Gasteiger charge is 2.35. The van der Waals surface area contributed by atoms with E-state index in [1.807, 2.05) is 37.4 Å². The molecule has 2 aromatic rings. The quantitative estimate of drug-likeness (QED) is 0.309. The van der Waals surface area contributed by atoms with Gasteiger partial charge >= 0.3 is 12.2 Å². The summed E-state index contributed by atoms with van der Waals surface area (Å²) in [5.41, 5.74) is 0.444. The summed E-state index contributed by atoms with van der Waals surface area (Å²) < 4.78 is 26.5. The Labute approximate surface area is 282 Å². The third-order valence-corrected chi connectivity index (χ3v) is 8.92. The summed E-state index contributed by atoms with van der Waals surface area (Å²) in [7, 11) is 1.98. The second kappa shape index (κ2) is 16.8. The van der Waals surface area contributed by atoms with E-state index in [0.717, 1.165) is 37.7 Å². The lowest BCUT2D eigenvalue weighted by Gasteiger charge is -2.36. The van der Waals surface area contributed by atoms with Crippen molar-refractivity contribution in [3.63, 3.8) is 0 Å². The molecule has 0 radical (unpaired) electrons. The van der Waals surface area contributed by atoms with E-state index in [0.29, 0.717) is 31.7 Å². The van der Waals surface area contributed by atoms with Crippen molar-refractivity contribution in [1.29, 1.82) is 0 Å². The Bertz CT molecular complexity index is 1400. The molecule has 2 aliphatic rings. The van der Waals surface area contributed by atoms with Crippen molar-refractivity contribution in [3.05, 3.63) is 65.5 Å². The number of carbonyl (C=O) groups is 4. The average molecular weight is 668 g/mol. The maximum Gasteiger partial charge on any atom is 0.408 e. The van der Waals surface area contributed by atoms with Crippen molar-refractivity contribution in [2.45, 2.75) is 90.0 Å². The maximum atomic E-state index is 15.7. The maximum absolute atomic E-state index is 15.7. The van der Waals surface area contributed by atoms with Crippen molar-refractivity contribution in [3.8, 4) is 0 Å². The van der Waals surface area contributed by atoms with Crippen molar-refractivity contribution >= 4 is 29.7 Å². The number of rotatable bonds is 10. The summed E-state index contributed by atoms with van der Waals surface area (Å²) in [5, 5.41) is 8.12. The molecular formula is C36H50FN5O6. The van der Waals surface area contributed by atoms with Gasteiger partial charge in [-0.2, -0.15) is 0 Å². The number of piperazine rings is 1. The van der Waals surface area contributed by atoms with Gasteiger partial charge in [0, 0.05) is 32.1 Å². The minimum Gasteiger partial charge on any atom is -0.445 e. The Morgan fingerprint density at radius 1 is 0.917 bits per heavy atom. The average Bonchev–Trinajstić information content (AvgIpc) is 3.06. The largest absolute Gasteiger partial charge is 0.445 e. The van der Waals surface area contributed by atoms with Gasteiger partial charge in [-0.15, -0.1) is 0 Å². The van der Waals surface area contributed by atoms with Gasteiger partial charge in [0.15, 0.2) is 0 Å². The number of nitrogens with zero attached hydrogens (tertiary/aromatic N) is 2. The number of halogens is 1. The van der Waals surface area contributed by atoms with Crippen LogP contribution < -0.4 is 16.0 Å². The van der Waals surface area contributed by atoms with Gasteiger partial charge in [-0.05, 0) is 69.8 Å². The molecule has 1 aliphatic heterocycles. The van der Waals surface area contributed by atoms with E-state index >= 15 is 4.39 Å². The van der Waals surface area contributed by atoms with Gasteiger partial charge in [0.2, 0.25) is 11.8 Å². The Kier molecular flexibility index (Phi) is 12.8. The van der Waals surface area contributed by atoms with Crippen LogP contribution >= 0.6 is 0 Å². The molecule has 11 nitrogen and oxygen atoms in total. The van der Waals surface area contributed by atoms with Crippen LogP contribution in [0.1, 0.15) is 76.8 Å². The van der Waals surface area contributed by atoms with E-state index in [1.54, 1.807) is 38.7 Å². The molecule has 1 heterocycles. The van der Waals surface area contributed by atoms with Gasteiger partial charge in [-0.1, -0.05) is 62.6 Å². The van der Waals surface area contributed by atoms with E-state index < -0.39 is 47.5 Å². The zero-order valence-electron chi connectivity index (χ0n) is 28.7. The topological polar surface area (TPSA) is 129 Å². The molecule has 1 saturated heterocycles. The number of hydrogen-bond acceptors (Lipinski definition) is 7. The summed E-state index contributed by atoms with van der Waals surface area (Å²) in [5.74, 6) is -2.26. The summed E-state index contributed by atoms with van der Waals surface area (Å²) in [4.78, 5) is 56.6. The Morgan fingerprint density at radius 3 is 2.21 bits per heavy atom. The number of amides is 4. The summed E-state index contributed by atoms with van der Waals surface area (Å²) >= 11 is 0. The van der Waals surface area contributed by atoms with E-state index in [-0.39, 0.29) is 24.1 Å².